The Morgan fingerprint density at radius 2 is 1.78 bits per heavy atom. The molecule has 36 heavy (non-hydrogen) atoms. The Bertz CT molecular complexity index is 1270. The summed E-state index contributed by atoms with van der Waals surface area (Å²) in [5, 5.41) is 9.77. The van der Waals surface area contributed by atoms with Crippen molar-refractivity contribution >= 4 is 62.8 Å². The minimum absolute atomic E-state index is 0.132. The number of imide groups is 2. The number of benzene rings is 1. The van der Waals surface area contributed by atoms with Crippen LogP contribution in [0.2, 0.25) is 0 Å². The summed E-state index contributed by atoms with van der Waals surface area (Å²) >= 11 is 17.3. The van der Waals surface area contributed by atoms with Crippen LogP contribution in [0.4, 0.5) is 4.39 Å². The van der Waals surface area contributed by atoms with Crippen molar-refractivity contribution in [1.29, 1.82) is 0 Å². The summed E-state index contributed by atoms with van der Waals surface area (Å²) in [5.41, 5.74) is -0.0839. The molecule has 2 saturated heterocycles. The zero-order valence-corrected chi connectivity index (χ0v) is 22.8. The molecule has 2 aliphatic carbocycles. The number of hydrogen-bond acceptors (Lipinski definition) is 5. The maximum absolute atomic E-state index is 14.5. The fraction of sp³-hybridized carbons (Fsp3) is 0.520. The molecular formula is C25H24BrCl2FN2O5. The second-order valence-electron chi connectivity index (χ2n) is 10.9. The number of aromatic hydroxyl groups is 1. The molecule has 0 spiro atoms. The van der Waals surface area contributed by atoms with Crippen molar-refractivity contribution in [3.05, 3.63) is 41.2 Å². The van der Waals surface area contributed by atoms with Gasteiger partial charge in [0.15, 0.2) is 21.3 Å². The summed E-state index contributed by atoms with van der Waals surface area (Å²) in [6.07, 6.45) is 1.89. The summed E-state index contributed by atoms with van der Waals surface area (Å²) in [6.45, 7) is 5.33. The van der Waals surface area contributed by atoms with E-state index in [0.29, 0.717) is 5.57 Å². The van der Waals surface area contributed by atoms with Crippen molar-refractivity contribution in [2.24, 2.45) is 17.8 Å². The van der Waals surface area contributed by atoms with Crippen molar-refractivity contribution in [1.82, 2.24) is 9.80 Å². The van der Waals surface area contributed by atoms with Crippen LogP contribution in [-0.2, 0) is 19.2 Å². The van der Waals surface area contributed by atoms with Crippen molar-refractivity contribution in [3.63, 3.8) is 0 Å². The molecule has 1 N–H and O–H groups in total. The largest absolute Gasteiger partial charge is 0.505 e. The molecule has 4 amide bonds. The van der Waals surface area contributed by atoms with E-state index in [4.69, 9.17) is 23.2 Å². The zero-order chi connectivity index (χ0) is 26.5. The van der Waals surface area contributed by atoms with Gasteiger partial charge in [0, 0.05) is 11.5 Å². The highest BCUT2D eigenvalue weighted by Gasteiger charge is 2.76. The number of phenolic OH excluding ortho intramolecular Hbond substituents is 1. The molecule has 1 aromatic carbocycles. The first kappa shape index (κ1) is 25.7. The molecule has 2 aliphatic heterocycles. The van der Waals surface area contributed by atoms with Crippen LogP contribution >= 0.6 is 39.1 Å². The van der Waals surface area contributed by atoms with E-state index in [1.165, 1.54) is 11.0 Å². The monoisotopic (exact) mass is 600 g/mol. The van der Waals surface area contributed by atoms with Crippen LogP contribution in [0, 0.1) is 23.6 Å². The third-order valence-corrected chi connectivity index (χ3v) is 9.91. The van der Waals surface area contributed by atoms with Gasteiger partial charge in [-0.3, -0.25) is 29.0 Å². The molecule has 1 saturated carbocycles. The minimum atomic E-state index is -2.01. The predicted molar refractivity (Wildman–Crippen MR) is 133 cm³/mol. The molecule has 4 aliphatic rings. The molecule has 6 atom stereocenters. The Labute approximate surface area is 225 Å². The van der Waals surface area contributed by atoms with E-state index in [9.17, 15) is 28.7 Å². The molecule has 192 valence electrons. The Morgan fingerprint density at radius 1 is 1.11 bits per heavy atom. The van der Waals surface area contributed by atoms with Crippen molar-refractivity contribution < 1.29 is 28.7 Å². The summed E-state index contributed by atoms with van der Waals surface area (Å²) in [5.74, 6) is -6.78. The maximum Gasteiger partial charge on any atom is 0.254 e. The van der Waals surface area contributed by atoms with Gasteiger partial charge in [0.1, 0.15) is 0 Å². The van der Waals surface area contributed by atoms with Gasteiger partial charge < -0.3 is 5.11 Å². The number of nitrogens with zero attached hydrogens (tertiary/aromatic N) is 2. The number of carbonyl (C=O) groups excluding carboxylic acids is 4. The molecule has 2 heterocycles. The molecule has 11 heteroatoms. The lowest BCUT2D eigenvalue weighted by Gasteiger charge is -2.50. The molecule has 6 unspecified atom stereocenters. The number of amides is 4. The Balaban J connectivity index is 1.73. The molecule has 5 rings (SSSR count). The Morgan fingerprint density at radius 3 is 2.36 bits per heavy atom. The normalized spacial score (nSPS) is 36.1. The number of carbonyl (C=O) groups is 4. The van der Waals surface area contributed by atoms with E-state index in [1.54, 1.807) is 26.8 Å². The smallest absolute Gasteiger partial charge is 0.254 e. The lowest BCUT2D eigenvalue weighted by Crippen LogP contribution is -2.60. The maximum atomic E-state index is 14.5. The third kappa shape index (κ3) is 3.08. The number of fused-ring (bicyclic) bond motifs is 4. The Hall–Kier alpha value is -1.97. The number of rotatable bonds is 2. The third-order valence-electron chi connectivity index (χ3n) is 7.99. The number of likely N-dealkylation sites (tertiary alicyclic amines) is 2. The molecule has 0 aromatic heterocycles. The van der Waals surface area contributed by atoms with E-state index in [-0.39, 0.29) is 35.7 Å². The fourth-order valence-electron chi connectivity index (χ4n) is 6.49. The average molecular weight is 602 g/mol. The van der Waals surface area contributed by atoms with Crippen LogP contribution in [-0.4, -0.2) is 59.3 Å². The number of alkyl halides is 3. The SMILES string of the molecule is CC(C)(C)N1C(=O)C2CC=C3C(CC4(Cl)C(=O)N(CBr)C(=O)C4(Cl)C3c3ccc(O)c(F)c3)C2C1=O. The van der Waals surface area contributed by atoms with E-state index >= 15 is 0 Å². The second kappa shape index (κ2) is 8.01. The van der Waals surface area contributed by atoms with Crippen LogP contribution in [0.25, 0.3) is 0 Å². The molecule has 0 radical (unpaired) electrons. The minimum Gasteiger partial charge on any atom is -0.505 e. The predicted octanol–water partition coefficient (Wildman–Crippen LogP) is 4.04. The van der Waals surface area contributed by atoms with Gasteiger partial charge in [0.2, 0.25) is 11.8 Å². The molecule has 7 nitrogen and oxygen atoms in total. The number of allylic oxidation sites excluding steroid dienone is 2. The van der Waals surface area contributed by atoms with Gasteiger partial charge in [-0.25, -0.2) is 4.39 Å². The highest BCUT2D eigenvalue weighted by atomic mass is 79.9. The van der Waals surface area contributed by atoms with Gasteiger partial charge in [0.25, 0.3) is 11.8 Å². The topological polar surface area (TPSA) is 95.0 Å². The first-order valence-corrected chi connectivity index (χ1v) is 13.4. The summed E-state index contributed by atoms with van der Waals surface area (Å²) < 4.78 is 14.5. The van der Waals surface area contributed by atoms with Crippen LogP contribution in [0.1, 0.15) is 45.1 Å². The van der Waals surface area contributed by atoms with Gasteiger partial charge in [0.05, 0.1) is 17.3 Å². The Kier molecular flexibility index (Phi) is 5.71. The van der Waals surface area contributed by atoms with Gasteiger partial charge in [-0.2, -0.15) is 0 Å². The molecular weight excluding hydrogens is 578 g/mol. The van der Waals surface area contributed by atoms with E-state index in [1.807, 2.05) is 0 Å². The van der Waals surface area contributed by atoms with Gasteiger partial charge in [-0.15, -0.1) is 23.2 Å². The average Bonchev–Trinajstić information content (AvgIpc) is 3.14. The van der Waals surface area contributed by atoms with Crippen LogP contribution < -0.4 is 0 Å². The van der Waals surface area contributed by atoms with Crippen molar-refractivity contribution in [2.45, 2.75) is 54.8 Å². The lowest BCUT2D eigenvalue weighted by molar-refractivity contribution is -0.146. The van der Waals surface area contributed by atoms with E-state index in [0.717, 1.165) is 17.0 Å². The highest BCUT2D eigenvalue weighted by molar-refractivity contribution is 9.09. The quantitative estimate of drug-likeness (QED) is 0.239. The van der Waals surface area contributed by atoms with Gasteiger partial charge in [-0.1, -0.05) is 33.6 Å². The molecule has 1 aromatic rings. The van der Waals surface area contributed by atoms with Crippen molar-refractivity contribution in [2.75, 3.05) is 5.45 Å². The first-order chi connectivity index (χ1) is 16.7. The zero-order valence-electron chi connectivity index (χ0n) is 19.7. The summed E-state index contributed by atoms with van der Waals surface area (Å²) in [4.78, 5) is 52.3. The number of phenols is 1. The van der Waals surface area contributed by atoms with Gasteiger partial charge in [-0.05, 0) is 57.2 Å². The van der Waals surface area contributed by atoms with Crippen LogP contribution in [0.5, 0.6) is 5.75 Å². The molecule has 0 bridgehead atoms. The summed E-state index contributed by atoms with van der Waals surface area (Å²) in [6, 6.07) is 3.64. The first-order valence-electron chi connectivity index (χ1n) is 11.6. The van der Waals surface area contributed by atoms with Gasteiger partial charge >= 0.3 is 0 Å². The lowest BCUT2D eigenvalue weighted by atomic mass is 9.56. The fourth-order valence-corrected chi connectivity index (χ4v) is 7.92. The second-order valence-corrected chi connectivity index (χ2v) is 12.6. The number of halogens is 4. The van der Waals surface area contributed by atoms with Crippen LogP contribution in [0.3, 0.4) is 0 Å². The number of hydrogen-bond donors (Lipinski definition) is 1. The standard InChI is InChI=1S/C25H24BrCl2FN2O5/c1-23(2,3)31-19(33)13-6-5-12-14(17(13)20(31)34)9-24(27)21(35)30(10-26)22(36)25(24,28)18(12)11-4-7-16(32)15(29)8-11/h4-5,7-8,13-14,17-18,32H,6,9-10H2,1-3H3. The van der Waals surface area contributed by atoms with Crippen LogP contribution in [0.15, 0.2) is 29.8 Å². The van der Waals surface area contributed by atoms with E-state index in [2.05, 4.69) is 15.9 Å². The highest BCUT2D eigenvalue weighted by Crippen LogP contribution is 2.65. The van der Waals surface area contributed by atoms with E-state index < -0.39 is 62.3 Å². The molecule has 3 fully saturated rings. The summed E-state index contributed by atoms with van der Waals surface area (Å²) in [7, 11) is 0. The van der Waals surface area contributed by atoms with Crippen molar-refractivity contribution in [3.8, 4) is 5.75 Å².